The highest BCUT2D eigenvalue weighted by atomic mass is 32.1. The van der Waals surface area contributed by atoms with Crippen molar-refractivity contribution < 1.29 is 24.2 Å². The van der Waals surface area contributed by atoms with Crippen molar-refractivity contribution in [3.63, 3.8) is 0 Å². The number of carbonyl (C=O) groups is 2. The molecule has 34 heavy (non-hydrogen) atoms. The van der Waals surface area contributed by atoms with E-state index in [0.717, 1.165) is 62.9 Å². The molecule has 1 aromatic rings. The topological polar surface area (TPSA) is 76.1 Å². The van der Waals surface area contributed by atoms with Crippen LogP contribution < -0.4 is 4.90 Å². The summed E-state index contributed by atoms with van der Waals surface area (Å²) in [6, 6.07) is 1.97. The van der Waals surface area contributed by atoms with Crippen molar-refractivity contribution in [3.8, 4) is 0 Å². The fourth-order valence-electron chi connectivity index (χ4n) is 5.30. The number of allylic oxidation sites excluding steroid dienone is 2. The monoisotopic (exact) mass is 489 g/mol. The molecular weight excluding hydrogens is 450 g/mol. The molecule has 1 saturated carbocycles. The average Bonchev–Trinajstić information content (AvgIpc) is 3.46. The van der Waals surface area contributed by atoms with Gasteiger partial charge in [-0.15, -0.1) is 11.3 Å². The van der Waals surface area contributed by atoms with E-state index in [0.29, 0.717) is 12.3 Å². The molecule has 2 aliphatic carbocycles. The van der Waals surface area contributed by atoms with Crippen LogP contribution in [0.5, 0.6) is 0 Å². The van der Waals surface area contributed by atoms with E-state index in [9.17, 15) is 14.7 Å². The van der Waals surface area contributed by atoms with E-state index < -0.39 is 5.97 Å². The second-order valence-corrected chi connectivity index (χ2v) is 12.2. The molecular formula is C27H39NO5S. The minimum absolute atomic E-state index is 0.000278. The molecule has 1 aromatic heterocycles. The van der Waals surface area contributed by atoms with Gasteiger partial charge in [0.15, 0.2) is 0 Å². The van der Waals surface area contributed by atoms with E-state index in [-0.39, 0.29) is 40.4 Å². The van der Waals surface area contributed by atoms with E-state index in [1.165, 1.54) is 16.9 Å². The van der Waals surface area contributed by atoms with Crippen LogP contribution in [0.3, 0.4) is 0 Å². The van der Waals surface area contributed by atoms with Gasteiger partial charge in [-0.2, -0.15) is 0 Å². The Morgan fingerprint density at radius 2 is 1.85 bits per heavy atom. The SMILES string of the molecule is CC1=CC[C@H](C(=O)N(c2cc(C(C)(C)C)sc2C(=O)O)[C@H]2CC[C@H](OC3CCOC3)CC2)CC1. The summed E-state index contributed by atoms with van der Waals surface area (Å²) < 4.78 is 11.7. The molecule has 1 amide bonds. The highest BCUT2D eigenvalue weighted by Crippen LogP contribution is 2.41. The lowest BCUT2D eigenvalue weighted by Gasteiger charge is -2.39. The Morgan fingerprint density at radius 3 is 2.41 bits per heavy atom. The molecule has 1 aliphatic heterocycles. The molecule has 2 heterocycles. The number of rotatable bonds is 6. The Balaban J connectivity index is 1.60. The van der Waals surface area contributed by atoms with Crippen molar-refractivity contribution in [2.24, 2.45) is 5.92 Å². The third-order valence-corrected chi connectivity index (χ3v) is 8.95. The van der Waals surface area contributed by atoms with Crippen LogP contribution in [0.25, 0.3) is 0 Å². The fourth-order valence-corrected chi connectivity index (χ4v) is 6.34. The number of carboxylic acids is 1. The zero-order valence-corrected chi connectivity index (χ0v) is 21.8. The molecule has 0 radical (unpaired) electrons. The molecule has 3 aliphatic rings. The van der Waals surface area contributed by atoms with Gasteiger partial charge in [-0.25, -0.2) is 4.79 Å². The second-order valence-electron chi connectivity index (χ2n) is 11.2. The smallest absolute Gasteiger partial charge is 0.348 e. The minimum Gasteiger partial charge on any atom is -0.477 e. The Morgan fingerprint density at radius 1 is 1.12 bits per heavy atom. The minimum atomic E-state index is -0.953. The summed E-state index contributed by atoms with van der Waals surface area (Å²) in [5, 5.41) is 10.1. The number of hydrogen-bond donors (Lipinski definition) is 1. The standard InChI is InChI=1S/C27H39NO5S/c1-17-5-7-18(8-6-17)25(29)28(22-15-23(27(2,3)4)34-24(22)26(30)31)19-9-11-20(12-10-19)33-21-13-14-32-16-21/h5,15,18-21H,6-14,16H2,1-4H3,(H,30,31)/t18-,19-,20-,21?/m0/s1. The van der Waals surface area contributed by atoms with Gasteiger partial charge in [0.25, 0.3) is 0 Å². The van der Waals surface area contributed by atoms with Crippen molar-refractivity contribution in [1.29, 1.82) is 0 Å². The number of thiophene rings is 1. The normalized spacial score (nSPS) is 27.9. The molecule has 1 saturated heterocycles. The Hall–Kier alpha value is -1.70. The van der Waals surface area contributed by atoms with Gasteiger partial charge in [-0.05, 0) is 69.8 Å². The highest BCUT2D eigenvalue weighted by molar-refractivity contribution is 7.14. The summed E-state index contributed by atoms with van der Waals surface area (Å²) in [4.78, 5) is 29.4. The van der Waals surface area contributed by atoms with Gasteiger partial charge in [0.1, 0.15) is 4.88 Å². The van der Waals surface area contributed by atoms with Gasteiger partial charge in [0, 0.05) is 23.4 Å². The summed E-state index contributed by atoms with van der Waals surface area (Å²) in [7, 11) is 0. The van der Waals surface area contributed by atoms with Gasteiger partial charge >= 0.3 is 5.97 Å². The van der Waals surface area contributed by atoms with E-state index >= 15 is 0 Å². The first-order valence-electron chi connectivity index (χ1n) is 12.7. The molecule has 188 valence electrons. The number of anilines is 1. The summed E-state index contributed by atoms with van der Waals surface area (Å²) in [6.07, 6.45) is 9.40. The van der Waals surface area contributed by atoms with Crippen molar-refractivity contribution in [3.05, 3.63) is 27.5 Å². The van der Waals surface area contributed by atoms with Gasteiger partial charge in [-0.3, -0.25) is 4.79 Å². The largest absolute Gasteiger partial charge is 0.477 e. The number of aromatic carboxylic acids is 1. The number of amides is 1. The van der Waals surface area contributed by atoms with Crippen LogP contribution in [0.4, 0.5) is 5.69 Å². The van der Waals surface area contributed by atoms with E-state index in [2.05, 4.69) is 33.8 Å². The van der Waals surface area contributed by atoms with Gasteiger partial charge in [-0.1, -0.05) is 32.4 Å². The van der Waals surface area contributed by atoms with E-state index in [1.807, 2.05) is 11.0 Å². The molecule has 1 N–H and O–H groups in total. The quantitative estimate of drug-likeness (QED) is 0.501. The highest BCUT2D eigenvalue weighted by Gasteiger charge is 2.38. The van der Waals surface area contributed by atoms with Crippen LogP contribution in [-0.4, -0.2) is 48.4 Å². The van der Waals surface area contributed by atoms with Crippen molar-refractivity contribution in [2.45, 2.75) is 103 Å². The lowest BCUT2D eigenvalue weighted by Crippen LogP contribution is -2.47. The summed E-state index contributed by atoms with van der Waals surface area (Å²) >= 11 is 1.31. The Labute approximate surface area is 207 Å². The lowest BCUT2D eigenvalue weighted by atomic mass is 9.86. The number of nitrogens with zero attached hydrogens (tertiary/aromatic N) is 1. The molecule has 6 nitrogen and oxygen atoms in total. The average molecular weight is 490 g/mol. The predicted octanol–water partition coefficient (Wildman–Crippen LogP) is 5.94. The van der Waals surface area contributed by atoms with Crippen LogP contribution in [0.15, 0.2) is 17.7 Å². The van der Waals surface area contributed by atoms with Crippen LogP contribution in [0, 0.1) is 5.92 Å². The zero-order chi connectivity index (χ0) is 24.5. The van der Waals surface area contributed by atoms with Crippen LogP contribution in [-0.2, 0) is 19.7 Å². The molecule has 7 heteroatoms. The first kappa shape index (κ1) is 25.4. The van der Waals surface area contributed by atoms with Crippen molar-refractivity contribution in [2.75, 3.05) is 18.1 Å². The van der Waals surface area contributed by atoms with Crippen LogP contribution >= 0.6 is 11.3 Å². The van der Waals surface area contributed by atoms with E-state index in [4.69, 9.17) is 9.47 Å². The third kappa shape index (κ3) is 5.74. The first-order valence-corrected chi connectivity index (χ1v) is 13.5. The molecule has 0 spiro atoms. The molecule has 4 rings (SSSR count). The fraction of sp³-hybridized carbons (Fsp3) is 0.704. The molecule has 2 atom stereocenters. The van der Waals surface area contributed by atoms with Crippen molar-refractivity contribution >= 4 is 28.9 Å². The summed E-state index contributed by atoms with van der Waals surface area (Å²) in [5.41, 5.74) is 1.75. The number of carbonyl (C=O) groups excluding carboxylic acids is 1. The first-order chi connectivity index (χ1) is 16.1. The van der Waals surface area contributed by atoms with Gasteiger partial charge in [0.05, 0.1) is 24.5 Å². The number of carboxylic acid groups (broad SMARTS) is 1. The molecule has 0 aromatic carbocycles. The summed E-state index contributed by atoms with van der Waals surface area (Å²) in [5.74, 6) is -0.961. The van der Waals surface area contributed by atoms with Crippen LogP contribution in [0.2, 0.25) is 0 Å². The second kappa shape index (κ2) is 10.5. The zero-order valence-electron chi connectivity index (χ0n) is 21.0. The van der Waals surface area contributed by atoms with Gasteiger partial charge in [0.2, 0.25) is 5.91 Å². The van der Waals surface area contributed by atoms with E-state index in [1.54, 1.807) is 0 Å². The van der Waals surface area contributed by atoms with Gasteiger partial charge < -0.3 is 19.5 Å². The number of hydrogen-bond acceptors (Lipinski definition) is 5. The van der Waals surface area contributed by atoms with Crippen LogP contribution in [0.1, 0.15) is 93.6 Å². The molecule has 2 fully saturated rings. The Kier molecular flexibility index (Phi) is 7.85. The molecule has 1 unspecified atom stereocenters. The lowest BCUT2D eigenvalue weighted by molar-refractivity contribution is -0.123. The number of ether oxygens (including phenoxy) is 2. The Bertz CT molecular complexity index is 916. The van der Waals surface area contributed by atoms with Crippen molar-refractivity contribution in [1.82, 2.24) is 0 Å². The molecule has 0 bridgehead atoms. The third-order valence-electron chi connectivity index (χ3n) is 7.41. The maximum atomic E-state index is 14.0. The maximum Gasteiger partial charge on any atom is 0.348 e. The summed E-state index contributed by atoms with van der Waals surface area (Å²) in [6.45, 7) is 9.82. The predicted molar refractivity (Wildman–Crippen MR) is 135 cm³/mol. The maximum absolute atomic E-state index is 14.0.